The molecule has 0 unspecified atom stereocenters. The lowest BCUT2D eigenvalue weighted by Crippen LogP contribution is -2.12. The molecule has 3 rings (SSSR count). The van der Waals surface area contributed by atoms with E-state index in [2.05, 4.69) is 0 Å². The number of hydrogen-bond donors (Lipinski definition) is 0. The van der Waals surface area contributed by atoms with Crippen molar-refractivity contribution in [1.29, 1.82) is 0 Å². The summed E-state index contributed by atoms with van der Waals surface area (Å²) < 4.78 is 31.2. The van der Waals surface area contributed by atoms with Crippen LogP contribution in [-0.2, 0) is 22.7 Å². The topological polar surface area (TPSA) is 43.4 Å². The molecule has 0 saturated carbocycles. The van der Waals surface area contributed by atoms with Gasteiger partial charge in [-0.15, -0.1) is 0 Å². The molecule has 0 N–H and O–H groups in total. The van der Waals surface area contributed by atoms with Gasteiger partial charge in [0, 0.05) is 0 Å². The molecule has 2 aromatic rings. The molecule has 0 saturated heterocycles. The van der Waals surface area contributed by atoms with Crippen molar-refractivity contribution in [2.75, 3.05) is 0 Å². The predicted molar refractivity (Wildman–Crippen MR) is 77.2 cm³/mol. The van der Waals surface area contributed by atoms with Gasteiger partial charge >= 0.3 is 0 Å². The minimum atomic E-state index is -3.49. The summed E-state index contributed by atoms with van der Waals surface area (Å²) in [5.74, 6) is 0.831. The third-order valence-corrected chi connectivity index (χ3v) is 5.43. The molecule has 1 heterocycles. The molecule has 0 spiro atoms. The van der Waals surface area contributed by atoms with E-state index in [-0.39, 0.29) is 9.79 Å². The number of aryl methyl sites for hydroxylation is 2. The van der Waals surface area contributed by atoms with Crippen LogP contribution in [0.2, 0.25) is 0 Å². The van der Waals surface area contributed by atoms with Crippen LogP contribution in [0.15, 0.2) is 46.2 Å². The van der Waals surface area contributed by atoms with Gasteiger partial charge in [0.15, 0.2) is 0 Å². The maximum atomic E-state index is 12.8. The fourth-order valence-corrected chi connectivity index (χ4v) is 3.97. The van der Waals surface area contributed by atoms with Gasteiger partial charge in [0.2, 0.25) is 9.84 Å². The first-order valence-electron chi connectivity index (χ1n) is 6.75. The minimum absolute atomic E-state index is 0.276. The van der Waals surface area contributed by atoms with Gasteiger partial charge in [-0.3, -0.25) is 0 Å². The van der Waals surface area contributed by atoms with Crippen molar-refractivity contribution >= 4 is 9.84 Å². The number of ether oxygens (including phenoxy) is 1. The molecule has 3 nitrogen and oxygen atoms in total. The van der Waals surface area contributed by atoms with Crippen LogP contribution in [0.4, 0.5) is 0 Å². The van der Waals surface area contributed by atoms with Crippen LogP contribution in [0.5, 0.6) is 11.5 Å². The number of hydrogen-bond acceptors (Lipinski definition) is 3. The van der Waals surface area contributed by atoms with E-state index in [9.17, 15) is 8.42 Å². The second kappa shape index (κ2) is 4.63. The van der Waals surface area contributed by atoms with Gasteiger partial charge in [-0.1, -0.05) is 26.0 Å². The summed E-state index contributed by atoms with van der Waals surface area (Å²) in [6, 6.07) is 10.7. The Morgan fingerprint density at radius 1 is 0.850 bits per heavy atom. The van der Waals surface area contributed by atoms with Gasteiger partial charge in [0.25, 0.3) is 0 Å². The maximum absolute atomic E-state index is 12.8. The van der Waals surface area contributed by atoms with Crippen LogP contribution in [0.1, 0.15) is 25.0 Å². The van der Waals surface area contributed by atoms with Crippen molar-refractivity contribution in [2.24, 2.45) is 0 Å². The lowest BCUT2D eigenvalue weighted by atomic mass is 10.1. The van der Waals surface area contributed by atoms with Crippen LogP contribution in [0.3, 0.4) is 0 Å². The lowest BCUT2D eigenvalue weighted by Gasteiger charge is -2.21. The highest BCUT2D eigenvalue weighted by Gasteiger charge is 2.31. The second-order valence-corrected chi connectivity index (χ2v) is 6.76. The number of fused-ring (bicyclic) bond motifs is 2. The fraction of sp³-hybridized carbons (Fsp3) is 0.250. The van der Waals surface area contributed by atoms with E-state index < -0.39 is 9.84 Å². The van der Waals surface area contributed by atoms with Crippen molar-refractivity contribution in [3.8, 4) is 11.5 Å². The Hall–Kier alpha value is -1.81. The lowest BCUT2D eigenvalue weighted by molar-refractivity contribution is 0.442. The molecule has 2 aromatic carbocycles. The SMILES string of the molecule is CCc1ccc2c(c1)S(=O)(=O)c1cc(CC)ccc1O2. The Kier molecular flexibility index (Phi) is 3.05. The normalized spacial score (nSPS) is 15.1. The molecular weight excluding hydrogens is 272 g/mol. The first-order chi connectivity index (χ1) is 9.56. The molecule has 0 fully saturated rings. The number of rotatable bonds is 2. The third kappa shape index (κ3) is 1.91. The molecule has 104 valence electrons. The highest BCUT2D eigenvalue weighted by Crippen LogP contribution is 2.43. The zero-order valence-electron chi connectivity index (χ0n) is 11.5. The molecule has 20 heavy (non-hydrogen) atoms. The largest absolute Gasteiger partial charge is 0.455 e. The molecule has 0 amide bonds. The molecule has 1 aliphatic heterocycles. The Bertz CT molecular complexity index is 717. The van der Waals surface area contributed by atoms with Crippen LogP contribution in [0, 0.1) is 0 Å². The van der Waals surface area contributed by atoms with E-state index in [4.69, 9.17) is 4.74 Å². The average molecular weight is 288 g/mol. The Labute approximate surface area is 119 Å². The van der Waals surface area contributed by atoms with Crippen LogP contribution in [-0.4, -0.2) is 8.42 Å². The third-order valence-electron chi connectivity index (χ3n) is 3.63. The van der Waals surface area contributed by atoms with Crippen LogP contribution in [0.25, 0.3) is 0 Å². The van der Waals surface area contributed by atoms with Gasteiger partial charge < -0.3 is 4.74 Å². The Morgan fingerprint density at radius 3 is 1.70 bits per heavy atom. The Morgan fingerprint density at radius 2 is 1.30 bits per heavy atom. The van der Waals surface area contributed by atoms with Gasteiger partial charge in [0.05, 0.1) is 0 Å². The smallest absolute Gasteiger partial charge is 0.213 e. The zero-order chi connectivity index (χ0) is 14.3. The first-order valence-corrected chi connectivity index (χ1v) is 8.23. The molecule has 0 atom stereocenters. The van der Waals surface area contributed by atoms with E-state index >= 15 is 0 Å². The van der Waals surface area contributed by atoms with Crippen molar-refractivity contribution in [3.05, 3.63) is 47.5 Å². The summed E-state index contributed by atoms with van der Waals surface area (Å²) in [6.45, 7) is 4.00. The second-order valence-electron chi connectivity index (χ2n) is 4.87. The van der Waals surface area contributed by atoms with Gasteiger partial charge in [0.1, 0.15) is 21.3 Å². The van der Waals surface area contributed by atoms with E-state index in [1.54, 1.807) is 24.3 Å². The van der Waals surface area contributed by atoms with Gasteiger partial charge in [-0.2, -0.15) is 0 Å². The van der Waals surface area contributed by atoms with Crippen LogP contribution < -0.4 is 4.74 Å². The minimum Gasteiger partial charge on any atom is -0.455 e. The summed E-state index contributed by atoms with van der Waals surface area (Å²) in [5, 5.41) is 0. The predicted octanol–water partition coefficient (Wildman–Crippen LogP) is 3.75. The molecule has 1 aliphatic rings. The van der Waals surface area contributed by atoms with Crippen molar-refractivity contribution < 1.29 is 13.2 Å². The Balaban J connectivity index is 2.25. The average Bonchev–Trinajstić information content (AvgIpc) is 2.47. The number of benzene rings is 2. The van der Waals surface area contributed by atoms with E-state index in [1.165, 1.54) is 0 Å². The summed E-state index contributed by atoms with van der Waals surface area (Å²) in [6.07, 6.45) is 1.59. The summed E-state index contributed by atoms with van der Waals surface area (Å²) >= 11 is 0. The van der Waals surface area contributed by atoms with Crippen molar-refractivity contribution in [1.82, 2.24) is 0 Å². The van der Waals surface area contributed by atoms with Gasteiger partial charge in [-0.05, 0) is 48.2 Å². The molecule has 4 heteroatoms. The van der Waals surface area contributed by atoms with Crippen LogP contribution >= 0.6 is 0 Å². The van der Waals surface area contributed by atoms with Crippen molar-refractivity contribution in [2.45, 2.75) is 36.5 Å². The summed E-state index contributed by atoms with van der Waals surface area (Å²) in [5.41, 5.74) is 1.98. The molecule has 0 bridgehead atoms. The number of sulfone groups is 1. The zero-order valence-corrected chi connectivity index (χ0v) is 12.3. The van der Waals surface area contributed by atoms with E-state index in [1.807, 2.05) is 26.0 Å². The standard InChI is InChI=1S/C16H16O3S/c1-3-11-5-7-13-15(9-11)20(17,18)16-10-12(4-2)6-8-14(16)19-13/h5-10H,3-4H2,1-2H3. The highest BCUT2D eigenvalue weighted by atomic mass is 32.2. The summed E-state index contributed by atoms with van der Waals surface area (Å²) in [4.78, 5) is 0.551. The molecular formula is C16H16O3S. The fourth-order valence-electron chi connectivity index (χ4n) is 2.37. The molecule has 0 aliphatic carbocycles. The summed E-state index contributed by atoms with van der Waals surface area (Å²) in [7, 11) is -3.49. The first kappa shape index (κ1) is 13.2. The molecule has 0 radical (unpaired) electrons. The quantitative estimate of drug-likeness (QED) is 0.721. The maximum Gasteiger partial charge on any atom is 0.213 e. The molecule has 0 aromatic heterocycles. The monoisotopic (exact) mass is 288 g/mol. The van der Waals surface area contributed by atoms with E-state index in [0.29, 0.717) is 11.5 Å². The highest BCUT2D eigenvalue weighted by molar-refractivity contribution is 7.91. The van der Waals surface area contributed by atoms with E-state index in [0.717, 1.165) is 24.0 Å². The van der Waals surface area contributed by atoms with Crippen molar-refractivity contribution in [3.63, 3.8) is 0 Å². The van der Waals surface area contributed by atoms with Gasteiger partial charge in [-0.25, -0.2) is 8.42 Å².